The Labute approximate surface area is 826 Å². The van der Waals surface area contributed by atoms with Crippen LogP contribution in [-0.4, -0.2) is 182 Å². The summed E-state index contributed by atoms with van der Waals surface area (Å²) >= 11 is 7.63. The number of nitrogens with one attached hydrogen (secondary N) is 3. The van der Waals surface area contributed by atoms with E-state index in [1.807, 2.05) is 141 Å². The lowest BCUT2D eigenvalue weighted by Crippen LogP contribution is -2.54. The Balaban J connectivity index is 0.000000140. The molecule has 0 spiro atoms. The molecule has 0 aliphatic carbocycles. The normalized spacial score (nSPS) is 23.8. The van der Waals surface area contributed by atoms with E-state index in [0.29, 0.717) is 66.3 Å². The molecule has 140 heavy (non-hydrogen) atoms. The molecule has 0 bridgehead atoms. The van der Waals surface area contributed by atoms with Crippen LogP contribution >= 0.6 is 22.9 Å². The molecule has 3 unspecified atom stereocenters. The highest BCUT2D eigenvalue weighted by Crippen LogP contribution is 2.48. The Morgan fingerprint density at radius 2 is 1.08 bits per heavy atom. The Kier molecular flexibility index (Phi) is 31.4. The monoisotopic (exact) mass is 1930 g/mol. The van der Waals surface area contributed by atoms with Gasteiger partial charge in [0, 0.05) is 89.3 Å². The first kappa shape index (κ1) is 102. The predicted molar refractivity (Wildman–Crippen MR) is 549 cm³/mol. The summed E-state index contributed by atoms with van der Waals surface area (Å²) in [6, 6.07) is 67.8. The van der Waals surface area contributed by atoms with E-state index in [-0.39, 0.29) is 82.1 Å². The van der Waals surface area contributed by atoms with Crippen LogP contribution < -0.4 is 45.2 Å². The lowest BCUT2D eigenvalue weighted by atomic mass is 9.73. The molecule has 29 nitrogen and oxygen atoms in total. The Morgan fingerprint density at radius 1 is 0.521 bits per heavy atom. The Hall–Kier alpha value is -14.0. The Bertz CT molecular complexity index is 6480. The minimum atomic E-state index is -1.01. The van der Waals surface area contributed by atoms with E-state index < -0.39 is 34.0 Å². The van der Waals surface area contributed by atoms with Gasteiger partial charge in [-0.1, -0.05) is 160 Å². The number of thiophene rings is 1. The first-order valence-electron chi connectivity index (χ1n) is 47.1. The van der Waals surface area contributed by atoms with Crippen LogP contribution in [0.5, 0.6) is 0 Å². The van der Waals surface area contributed by atoms with E-state index in [2.05, 4.69) is 139 Å². The molecule has 8 aliphatic heterocycles. The number of hydrazine groups is 2. The number of hydrogen-bond acceptors (Lipinski definition) is 25. The third-order valence-electron chi connectivity index (χ3n) is 28.0. The summed E-state index contributed by atoms with van der Waals surface area (Å²) in [5.74, 6) is 0.690. The molecule has 8 aliphatic rings. The quantitative estimate of drug-likeness (QED) is 0.0370. The zero-order chi connectivity index (χ0) is 100. The number of likely N-dealkylation sites (tertiary alicyclic amines) is 2. The molecule has 0 saturated carbocycles. The van der Waals surface area contributed by atoms with E-state index in [1.165, 1.54) is 70.9 Å². The van der Waals surface area contributed by atoms with Crippen molar-refractivity contribution in [3.63, 3.8) is 0 Å². The number of nitriles is 1. The summed E-state index contributed by atoms with van der Waals surface area (Å²) in [6.45, 7) is 22.3. The number of benzene rings is 7. The number of piperidine rings is 2. The predicted octanol–water partition coefficient (Wildman–Crippen LogP) is 14.8. The van der Waals surface area contributed by atoms with Crippen LogP contribution in [0.4, 0.5) is 8.78 Å². The molecule has 9 atom stereocenters. The molecule has 33 heteroatoms. The van der Waals surface area contributed by atoms with Crippen molar-refractivity contribution >= 4 is 88.1 Å². The van der Waals surface area contributed by atoms with Gasteiger partial charge >= 0.3 is 0 Å². The van der Waals surface area contributed by atoms with E-state index in [9.17, 15) is 38.0 Å². The maximum Gasteiger partial charge on any atom is 0.239 e. The van der Waals surface area contributed by atoms with Gasteiger partial charge in [0.2, 0.25) is 35.5 Å². The molecule has 18 rings (SSSR count). The SMILES string of the molecule is CN1C(=O)C(CCCc2cccc(F)c2)[C@@](C)(c2cc(-c3cccc(C#N)c3)cs2)N=C1N.CN1C(=O)C[C@@](C)(C2CCCN(Cc3cccc(Cl)c3)C2)N=C1N.CN1C(=O)C[C@@](C)(C2CCCN(Cc3ccccc3)C2)N=C1N.CN1C(=O)C[C@@](C)(c2cccc(-c3cccc(C4=NNNN4)c3)c2)N=C1N.CN1C(=O)[C@H](c2ccc(C(C)(C)C)cc2)[C@@](C)(c2ccnc(-c3cccnc3F)c2)N=C1N. The second-order valence-corrected chi connectivity index (χ2v) is 40.5. The minimum Gasteiger partial charge on any atom is -0.369 e. The van der Waals surface area contributed by atoms with Gasteiger partial charge in [0.25, 0.3) is 0 Å². The molecule has 11 heterocycles. The van der Waals surface area contributed by atoms with E-state index in [4.69, 9.17) is 50.3 Å². The second-order valence-electron chi connectivity index (χ2n) is 39.1. The number of amides is 5. The van der Waals surface area contributed by atoms with Crippen molar-refractivity contribution in [3.8, 4) is 39.6 Å². The van der Waals surface area contributed by atoms with Crippen molar-refractivity contribution in [2.75, 3.05) is 61.4 Å². The summed E-state index contributed by atoms with van der Waals surface area (Å²) in [5.41, 5.74) is 48.6. The highest BCUT2D eigenvalue weighted by molar-refractivity contribution is 7.10. The number of rotatable bonds is 18. The number of hydrazone groups is 1. The van der Waals surface area contributed by atoms with Crippen molar-refractivity contribution in [2.24, 2.45) is 76.5 Å². The van der Waals surface area contributed by atoms with Crippen LogP contribution in [0.3, 0.4) is 0 Å². The summed E-state index contributed by atoms with van der Waals surface area (Å²) < 4.78 is 27.9. The molecule has 13 N–H and O–H groups in total. The first-order valence-corrected chi connectivity index (χ1v) is 48.3. The number of amidine groups is 1. The fourth-order valence-corrected chi connectivity index (χ4v) is 20.7. The van der Waals surface area contributed by atoms with Crippen LogP contribution in [0.1, 0.15) is 174 Å². The molecule has 7 aromatic carbocycles. The van der Waals surface area contributed by atoms with E-state index in [0.717, 1.165) is 132 Å². The molecular formula is C107H125ClF2N24O5S. The third kappa shape index (κ3) is 23.4. The van der Waals surface area contributed by atoms with Crippen molar-refractivity contribution in [2.45, 2.75) is 172 Å². The Morgan fingerprint density at radius 3 is 1.68 bits per heavy atom. The summed E-state index contributed by atoms with van der Waals surface area (Å²) in [4.78, 5) is 108. The highest BCUT2D eigenvalue weighted by Gasteiger charge is 2.50. The average Bonchev–Trinajstić information content (AvgIpc) is 1.20. The first-order chi connectivity index (χ1) is 66.6. The zero-order valence-corrected chi connectivity index (χ0v) is 83.2. The molecule has 3 aromatic heterocycles. The summed E-state index contributed by atoms with van der Waals surface area (Å²) in [6.07, 6.45) is 10.6. The minimum absolute atomic E-state index is 0.00836. The largest absolute Gasteiger partial charge is 0.369 e. The van der Waals surface area contributed by atoms with E-state index >= 15 is 0 Å². The number of carbonyl (C=O) groups is 5. The zero-order valence-electron chi connectivity index (χ0n) is 81.6. The maximum atomic E-state index is 14.3. The van der Waals surface area contributed by atoms with E-state index in [1.54, 1.807) is 77.8 Å². The number of aliphatic imine (C=N–C) groups is 5. The topological polar surface area (TPSA) is 398 Å². The molecule has 0 radical (unpaired) electrons. The van der Waals surface area contributed by atoms with Gasteiger partial charge in [-0.15, -0.1) is 22.0 Å². The highest BCUT2D eigenvalue weighted by atomic mass is 35.5. The average molecular weight is 1930 g/mol. The molecule has 2 fully saturated rings. The van der Waals surface area contributed by atoms with Gasteiger partial charge in [-0.05, 0) is 255 Å². The van der Waals surface area contributed by atoms with Crippen LogP contribution in [-0.2, 0) is 65.5 Å². The van der Waals surface area contributed by atoms with Crippen LogP contribution in [0.25, 0.3) is 33.5 Å². The lowest BCUT2D eigenvalue weighted by molar-refractivity contribution is -0.134. The summed E-state index contributed by atoms with van der Waals surface area (Å²) in [5, 5.41) is 16.1. The van der Waals surface area contributed by atoms with Crippen LogP contribution in [0, 0.1) is 40.8 Å². The molecule has 2 saturated heterocycles. The third-order valence-corrected chi connectivity index (χ3v) is 29.4. The number of halogens is 3. The number of aromatic nitrogens is 2. The number of nitrogens with two attached hydrogens (primary N) is 5. The van der Waals surface area contributed by atoms with Crippen LogP contribution in [0.15, 0.2) is 254 Å². The van der Waals surface area contributed by atoms with Gasteiger partial charge in [0.15, 0.2) is 35.6 Å². The number of guanidine groups is 5. The number of likely N-dealkylation sites (N-methyl/N-ethyl adjacent to an activating group) is 1. The van der Waals surface area contributed by atoms with Crippen molar-refractivity contribution in [1.82, 2.24) is 60.8 Å². The van der Waals surface area contributed by atoms with Gasteiger partial charge in [-0.25, -0.2) is 39.9 Å². The molecule has 730 valence electrons. The molecule has 5 amide bonds. The second kappa shape index (κ2) is 43.2. The number of hydrogen-bond donors (Lipinski definition) is 8. The number of aryl methyl sites for hydroxylation is 1. The van der Waals surface area contributed by atoms with Crippen molar-refractivity contribution < 1.29 is 32.8 Å². The number of carbonyl (C=O) groups excluding carboxylic acids is 5. The van der Waals surface area contributed by atoms with Gasteiger partial charge in [0.05, 0.1) is 70.6 Å². The molecular weight excluding hydrogens is 1810 g/mol. The smallest absolute Gasteiger partial charge is 0.239 e. The number of nitrogens with zero attached hydrogens (tertiary/aromatic N) is 16. The number of pyridine rings is 2. The van der Waals surface area contributed by atoms with Gasteiger partial charge in [-0.2, -0.15) is 9.65 Å². The van der Waals surface area contributed by atoms with Gasteiger partial charge in [-0.3, -0.25) is 68.7 Å². The lowest BCUT2D eigenvalue weighted by Gasteiger charge is -2.43. The summed E-state index contributed by atoms with van der Waals surface area (Å²) in [7, 11) is 8.30. The van der Waals surface area contributed by atoms with Crippen molar-refractivity contribution in [3.05, 3.63) is 296 Å². The fourth-order valence-electron chi connectivity index (χ4n) is 19.4. The van der Waals surface area contributed by atoms with Crippen molar-refractivity contribution in [1.29, 1.82) is 5.26 Å². The van der Waals surface area contributed by atoms with Crippen LogP contribution in [0.2, 0.25) is 5.02 Å². The fraction of sp³-hybridized carbons (Fsp3) is 0.364. The van der Waals surface area contributed by atoms with Gasteiger partial charge < -0.3 is 28.7 Å². The van der Waals surface area contributed by atoms with Gasteiger partial charge in [0.1, 0.15) is 16.9 Å². The standard InChI is InChI=1S/C26H28FN5O.C26H25FN4OS.C19H21N7O.C18H25ClN4O.C18H26N4O/c1-25(2,3)17-10-8-16(9-11-17)21-23(33)32(5)24(28)31-26(21,4)18-12-14-29-20(15-18)19-7-6-13-30-22(19)27;1-26(23-14-20(16-33-23)19-9-3-8-18(12-19)15-28)22(24(32)31(2)25(29)30-26)11-5-7-17-6-4-10-21(27)13-17;1-19(11-16(27)26(2)18(20)21-19)15-8-4-6-13(10-15)12-5-3-7-14(9-12)17-22-24-25-23-17;1-18(10-16(24)22(2)17(20)21-18)14-6-4-8-23(12-14)11-13-5-3-7-15(19)9-13;1-18(11-16(23)21(2)17(19)20-18)15-9-6-10-22(13-15)12-14-7-4-3-5-8-14/h6-15,21H,1-5H3,(H2,28,31);3-4,6,8-10,12-14,16,22H,5,7,11H2,1-2H3,(H2,29,30);3-10,24-25H,11H2,1-2H3,(H2,20,21)(H,22,23);3,5,7,9,14H,4,6,8,10-12H2,1-2H3,(H2,20,21);3-5,7-8,15H,6,9-13H2,1-2H3,(H2,19,20)/t21-,26+;22?,26-;19-;14?,18-;15?,18-/m00000/s1. The maximum absolute atomic E-state index is 14.3. The molecule has 10 aromatic rings.